The largest absolute Gasteiger partial charge is 0.488 e. The fourth-order valence-corrected chi connectivity index (χ4v) is 2.04. The predicted octanol–water partition coefficient (Wildman–Crippen LogP) is 4.22. The highest BCUT2D eigenvalue weighted by molar-refractivity contribution is 5.85. The predicted molar refractivity (Wildman–Crippen MR) is 73.6 cm³/mol. The molecule has 0 bridgehead atoms. The summed E-state index contributed by atoms with van der Waals surface area (Å²) in [6, 6.07) is 25.4. The second-order valence-electron chi connectivity index (χ2n) is 4.15. The molecule has 18 heavy (non-hydrogen) atoms. The van der Waals surface area contributed by atoms with E-state index in [1.807, 2.05) is 24.3 Å². The molecule has 0 saturated carbocycles. The molecule has 0 atom stereocenters. The van der Waals surface area contributed by atoms with Crippen LogP contribution in [0.4, 0.5) is 0 Å². The molecule has 0 amide bonds. The van der Waals surface area contributed by atoms with Gasteiger partial charge in [-0.3, -0.25) is 0 Å². The minimum absolute atomic E-state index is 0.571. The zero-order chi connectivity index (χ0) is 12.2. The lowest BCUT2D eigenvalue weighted by Crippen LogP contribution is -1.96. The van der Waals surface area contributed by atoms with Crippen molar-refractivity contribution in [3.8, 4) is 5.75 Å². The van der Waals surface area contributed by atoms with E-state index in [1.165, 1.54) is 16.3 Å². The minimum Gasteiger partial charge on any atom is -0.488 e. The van der Waals surface area contributed by atoms with Gasteiger partial charge in [-0.2, -0.15) is 0 Å². The van der Waals surface area contributed by atoms with E-state index in [0.717, 1.165) is 5.75 Å². The Morgan fingerprint density at radius 2 is 1.67 bits per heavy atom. The van der Waals surface area contributed by atoms with E-state index in [1.54, 1.807) is 0 Å². The fraction of sp³-hybridized carbons (Fsp3) is 0.0588. The van der Waals surface area contributed by atoms with E-state index in [9.17, 15) is 0 Å². The monoisotopic (exact) mass is 233 g/mol. The molecular formula is C17H13O. The number of fused-ring (bicyclic) bond motifs is 1. The lowest BCUT2D eigenvalue weighted by Gasteiger charge is -2.08. The number of rotatable bonds is 3. The van der Waals surface area contributed by atoms with Crippen LogP contribution in [0.3, 0.4) is 0 Å². The van der Waals surface area contributed by atoms with Crippen LogP contribution in [0, 0.1) is 6.07 Å². The molecule has 0 saturated heterocycles. The number of hydrogen-bond acceptors (Lipinski definition) is 1. The van der Waals surface area contributed by atoms with Gasteiger partial charge in [-0.25, -0.2) is 0 Å². The van der Waals surface area contributed by atoms with Crippen molar-refractivity contribution < 1.29 is 4.74 Å². The van der Waals surface area contributed by atoms with E-state index in [-0.39, 0.29) is 0 Å². The first kappa shape index (κ1) is 10.8. The third kappa shape index (κ3) is 2.21. The van der Waals surface area contributed by atoms with Gasteiger partial charge in [0.1, 0.15) is 12.4 Å². The van der Waals surface area contributed by atoms with Crippen LogP contribution < -0.4 is 4.74 Å². The Labute approximate surface area is 107 Å². The SMILES string of the molecule is [c]1ccccc1OCc1cccc2ccccc12. The number of ether oxygens (including phenoxy) is 1. The zero-order valence-electron chi connectivity index (χ0n) is 9.97. The molecule has 1 nitrogen and oxygen atoms in total. The van der Waals surface area contributed by atoms with Gasteiger partial charge in [-0.1, -0.05) is 60.7 Å². The highest BCUT2D eigenvalue weighted by Crippen LogP contribution is 2.20. The minimum atomic E-state index is 0.571. The smallest absolute Gasteiger partial charge is 0.127 e. The summed E-state index contributed by atoms with van der Waals surface area (Å²) in [6.07, 6.45) is 0. The normalized spacial score (nSPS) is 10.4. The molecule has 0 unspecified atom stereocenters. The molecular weight excluding hydrogens is 220 g/mol. The van der Waals surface area contributed by atoms with Gasteiger partial charge >= 0.3 is 0 Å². The van der Waals surface area contributed by atoms with Crippen LogP contribution in [0.25, 0.3) is 10.8 Å². The lowest BCUT2D eigenvalue weighted by molar-refractivity contribution is 0.307. The summed E-state index contributed by atoms with van der Waals surface area (Å²) >= 11 is 0. The summed E-state index contributed by atoms with van der Waals surface area (Å²) in [6.45, 7) is 0.571. The average Bonchev–Trinajstić information content (AvgIpc) is 2.46. The molecule has 0 fully saturated rings. The van der Waals surface area contributed by atoms with Crippen LogP contribution in [0.2, 0.25) is 0 Å². The fourth-order valence-electron chi connectivity index (χ4n) is 2.04. The standard InChI is InChI=1S/C17H13O/c1-2-10-16(11-3-1)18-13-15-9-6-8-14-7-4-5-12-17(14)15/h1-10,12H,13H2. The molecule has 0 aromatic heterocycles. The summed E-state index contributed by atoms with van der Waals surface area (Å²) in [4.78, 5) is 0. The maximum absolute atomic E-state index is 5.74. The van der Waals surface area contributed by atoms with E-state index < -0.39 is 0 Å². The number of para-hydroxylation sites is 1. The number of benzene rings is 3. The second-order valence-corrected chi connectivity index (χ2v) is 4.15. The first-order valence-electron chi connectivity index (χ1n) is 6.00. The summed E-state index contributed by atoms with van der Waals surface area (Å²) in [5.41, 5.74) is 1.20. The first-order valence-corrected chi connectivity index (χ1v) is 6.00. The van der Waals surface area contributed by atoms with Gasteiger partial charge in [0.2, 0.25) is 0 Å². The average molecular weight is 233 g/mol. The number of hydrogen-bond donors (Lipinski definition) is 0. The van der Waals surface area contributed by atoms with Crippen molar-refractivity contribution in [2.75, 3.05) is 0 Å². The van der Waals surface area contributed by atoms with Crippen LogP contribution in [0.5, 0.6) is 5.75 Å². The molecule has 0 aliphatic carbocycles. The van der Waals surface area contributed by atoms with Crippen LogP contribution in [0.15, 0.2) is 66.7 Å². The highest BCUT2D eigenvalue weighted by atomic mass is 16.5. The van der Waals surface area contributed by atoms with Crippen molar-refractivity contribution in [2.24, 2.45) is 0 Å². The van der Waals surface area contributed by atoms with Gasteiger partial charge in [-0.05, 0) is 22.4 Å². The van der Waals surface area contributed by atoms with Gasteiger partial charge in [0.05, 0.1) is 0 Å². The molecule has 0 heterocycles. The Morgan fingerprint density at radius 3 is 2.56 bits per heavy atom. The van der Waals surface area contributed by atoms with Gasteiger partial charge in [0.25, 0.3) is 0 Å². The van der Waals surface area contributed by atoms with Crippen LogP contribution in [0.1, 0.15) is 5.56 Å². The van der Waals surface area contributed by atoms with Gasteiger partial charge in [-0.15, -0.1) is 0 Å². The van der Waals surface area contributed by atoms with Gasteiger partial charge < -0.3 is 4.74 Å². The third-order valence-corrected chi connectivity index (χ3v) is 2.94. The Balaban J connectivity index is 1.87. The molecule has 1 radical (unpaired) electrons. The van der Waals surface area contributed by atoms with Crippen molar-refractivity contribution >= 4 is 10.8 Å². The maximum atomic E-state index is 5.74. The summed E-state index contributed by atoms with van der Waals surface area (Å²) in [7, 11) is 0. The lowest BCUT2D eigenvalue weighted by atomic mass is 10.1. The summed E-state index contributed by atoms with van der Waals surface area (Å²) in [5.74, 6) is 0.783. The van der Waals surface area contributed by atoms with E-state index in [2.05, 4.69) is 48.5 Å². The maximum Gasteiger partial charge on any atom is 0.127 e. The second kappa shape index (κ2) is 4.92. The van der Waals surface area contributed by atoms with Crippen molar-refractivity contribution in [1.29, 1.82) is 0 Å². The molecule has 87 valence electrons. The molecule has 3 rings (SSSR count). The molecule has 0 N–H and O–H groups in total. The van der Waals surface area contributed by atoms with E-state index in [0.29, 0.717) is 6.61 Å². The van der Waals surface area contributed by atoms with E-state index >= 15 is 0 Å². The summed E-state index contributed by atoms with van der Waals surface area (Å²) < 4.78 is 5.74. The van der Waals surface area contributed by atoms with Crippen LogP contribution >= 0.6 is 0 Å². The first-order chi connectivity index (χ1) is 8.93. The Bertz CT molecular complexity index is 639. The molecule has 0 spiro atoms. The Hall–Kier alpha value is -2.28. The molecule has 3 aromatic rings. The molecule has 3 aromatic carbocycles. The van der Waals surface area contributed by atoms with Gasteiger partial charge in [0, 0.05) is 6.07 Å². The summed E-state index contributed by atoms with van der Waals surface area (Å²) in [5, 5.41) is 2.49. The third-order valence-electron chi connectivity index (χ3n) is 2.94. The highest BCUT2D eigenvalue weighted by Gasteiger charge is 2.01. The molecule has 0 aliphatic heterocycles. The van der Waals surface area contributed by atoms with E-state index in [4.69, 9.17) is 4.74 Å². The Kier molecular flexibility index (Phi) is 2.97. The van der Waals surface area contributed by atoms with Crippen molar-refractivity contribution in [3.63, 3.8) is 0 Å². The van der Waals surface area contributed by atoms with Gasteiger partial charge in [0.15, 0.2) is 0 Å². The van der Waals surface area contributed by atoms with Crippen molar-refractivity contribution in [2.45, 2.75) is 6.61 Å². The molecule has 0 aliphatic rings. The Morgan fingerprint density at radius 1 is 0.833 bits per heavy atom. The zero-order valence-corrected chi connectivity index (χ0v) is 9.97. The molecule has 1 heteroatoms. The van der Waals surface area contributed by atoms with Crippen LogP contribution in [-0.4, -0.2) is 0 Å². The quantitative estimate of drug-likeness (QED) is 0.658. The van der Waals surface area contributed by atoms with Crippen LogP contribution in [-0.2, 0) is 6.61 Å². The van der Waals surface area contributed by atoms with Crippen molar-refractivity contribution in [1.82, 2.24) is 0 Å². The topological polar surface area (TPSA) is 9.23 Å². The van der Waals surface area contributed by atoms with Crippen molar-refractivity contribution in [3.05, 3.63) is 78.4 Å².